The molecule has 5 heterocycles. The van der Waals surface area contributed by atoms with Crippen LogP contribution in [0.2, 0.25) is 0 Å². The number of carbonyl (C=O) groups excluding carboxylic acids is 2. The standard InChI is InChI=1S/C34H42N6O6/c1-43-29-16-25-27(35-20-23-6-3-9-39(23)33(25)41)18-31(29)45-15-5-8-37-11-13-38(14-12-37)22-46-32-19-28-26(17-30(32)44-2)34(42)40-10-4-7-24(40)21-36-28/h16-21,23-24H,3-15,22H2,1-2H3/t23-,24-/m0/s1. The van der Waals surface area contributed by atoms with Crippen LogP contribution in [0.25, 0.3) is 0 Å². The molecule has 0 saturated carbocycles. The van der Waals surface area contributed by atoms with E-state index < -0.39 is 0 Å². The van der Waals surface area contributed by atoms with Gasteiger partial charge in [0.25, 0.3) is 11.8 Å². The number of methoxy groups -OCH3 is 2. The van der Waals surface area contributed by atoms with Gasteiger partial charge in [-0.2, -0.15) is 0 Å². The number of fused-ring (bicyclic) bond motifs is 4. The van der Waals surface area contributed by atoms with E-state index in [1.807, 2.05) is 34.4 Å². The second-order valence-corrected chi connectivity index (χ2v) is 12.4. The molecule has 244 valence electrons. The fourth-order valence-corrected chi connectivity index (χ4v) is 7.01. The maximum absolute atomic E-state index is 13.1. The summed E-state index contributed by atoms with van der Waals surface area (Å²) in [6.45, 7) is 7.02. The Morgan fingerprint density at radius 1 is 0.674 bits per heavy atom. The molecule has 2 amide bonds. The van der Waals surface area contributed by atoms with Crippen molar-refractivity contribution in [2.45, 2.75) is 44.2 Å². The summed E-state index contributed by atoms with van der Waals surface area (Å²) in [5.41, 5.74) is 2.40. The fourth-order valence-electron chi connectivity index (χ4n) is 7.01. The molecule has 0 aliphatic carbocycles. The number of rotatable bonds is 10. The van der Waals surface area contributed by atoms with E-state index in [1.165, 1.54) is 0 Å². The SMILES string of the molecule is COc1cc2c(cc1OCCCN1CCN(COc3cc4c(cc3OC)C(=O)N3CCC[C@H]3C=N4)CC1)N=C[C@@H]1CCCN1C2=O. The molecular weight excluding hydrogens is 588 g/mol. The number of aliphatic imine (C=N–C) groups is 2. The lowest BCUT2D eigenvalue weighted by Gasteiger charge is -2.34. The Bertz CT molecular complexity index is 1540. The van der Waals surface area contributed by atoms with Crippen molar-refractivity contribution < 1.29 is 28.5 Å². The Morgan fingerprint density at radius 2 is 1.20 bits per heavy atom. The van der Waals surface area contributed by atoms with E-state index in [0.29, 0.717) is 58.8 Å². The lowest BCUT2D eigenvalue weighted by molar-refractivity contribution is 0.0630. The molecule has 2 aromatic rings. The first-order valence-electron chi connectivity index (χ1n) is 16.4. The normalized spacial score (nSPS) is 22.6. The van der Waals surface area contributed by atoms with E-state index in [9.17, 15) is 9.59 Å². The molecule has 12 nitrogen and oxygen atoms in total. The number of carbonyl (C=O) groups is 2. The highest BCUT2D eigenvalue weighted by atomic mass is 16.5. The van der Waals surface area contributed by atoms with Crippen molar-refractivity contribution in [1.82, 2.24) is 19.6 Å². The highest BCUT2D eigenvalue weighted by Crippen LogP contribution is 2.39. The summed E-state index contributed by atoms with van der Waals surface area (Å²) in [5.74, 6) is 2.31. The van der Waals surface area contributed by atoms with E-state index in [0.717, 1.165) is 77.9 Å². The van der Waals surface area contributed by atoms with Crippen molar-refractivity contribution in [3.8, 4) is 23.0 Å². The molecule has 2 atom stereocenters. The summed E-state index contributed by atoms with van der Waals surface area (Å²) < 4.78 is 23.5. The molecule has 0 spiro atoms. The molecule has 5 aliphatic heterocycles. The number of ether oxygens (including phenoxy) is 4. The Labute approximate surface area is 269 Å². The van der Waals surface area contributed by atoms with Crippen LogP contribution in [0.3, 0.4) is 0 Å². The zero-order valence-electron chi connectivity index (χ0n) is 26.7. The minimum atomic E-state index is 0.00419. The predicted molar refractivity (Wildman–Crippen MR) is 174 cm³/mol. The molecule has 7 rings (SSSR count). The number of hydrogen-bond acceptors (Lipinski definition) is 10. The highest BCUT2D eigenvalue weighted by Gasteiger charge is 2.34. The Morgan fingerprint density at radius 3 is 1.74 bits per heavy atom. The van der Waals surface area contributed by atoms with Gasteiger partial charge in [0.15, 0.2) is 23.0 Å². The van der Waals surface area contributed by atoms with Crippen LogP contribution in [-0.2, 0) is 0 Å². The van der Waals surface area contributed by atoms with Crippen LogP contribution in [0.15, 0.2) is 34.3 Å². The van der Waals surface area contributed by atoms with Gasteiger partial charge in [0, 0.05) is 70.4 Å². The molecule has 0 N–H and O–H groups in total. The van der Waals surface area contributed by atoms with Crippen LogP contribution >= 0.6 is 0 Å². The summed E-state index contributed by atoms with van der Waals surface area (Å²) in [6, 6.07) is 7.32. The second-order valence-electron chi connectivity index (χ2n) is 12.4. The molecule has 0 unspecified atom stereocenters. The topological polar surface area (TPSA) is 109 Å². The van der Waals surface area contributed by atoms with Gasteiger partial charge in [-0.05, 0) is 44.2 Å². The second kappa shape index (κ2) is 13.3. The quantitative estimate of drug-likeness (QED) is 0.365. The first-order valence-corrected chi connectivity index (χ1v) is 16.4. The van der Waals surface area contributed by atoms with Crippen LogP contribution in [0, 0.1) is 0 Å². The first-order chi connectivity index (χ1) is 22.5. The number of nitrogens with zero attached hydrogens (tertiary/aromatic N) is 6. The monoisotopic (exact) mass is 630 g/mol. The number of amides is 2. The maximum atomic E-state index is 13.1. The first kappa shape index (κ1) is 30.5. The van der Waals surface area contributed by atoms with Gasteiger partial charge in [0.1, 0.15) is 6.73 Å². The van der Waals surface area contributed by atoms with Gasteiger partial charge in [-0.25, -0.2) is 0 Å². The van der Waals surface area contributed by atoms with Gasteiger partial charge >= 0.3 is 0 Å². The van der Waals surface area contributed by atoms with Crippen molar-refractivity contribution in [3.05, 3.63) is 35.4 Å². The van der Waals surface area contributed by atoms with Crippen LogP contribution in [0.1, 0.15) is 52.8 Å². The van der Waals surface area contributed by atoms with Gasteiger partial charge in [0.2, 0.25) is 0 Å². The Balaban J connectivity index is 0.885. The molecular formula is C34H42N6O6. The third-order valence-electron chi connectivity index (χ3n) is 9.66. The fraction of sp³-hybridized carbons (Fsp3) is 0.529. The van der Waals surface area contributed by atoms with Gasteiger partial charge in [-0.15, -0.1) is 0 Å². The molecule has 46 heavy (non-hydrogen) atoms. The number of hydrogen-bond donors (Lipinski definition) is 0. The molecule has 0 bridgehead atoms. The Hall–Kier alpha value is -4.16. The van der Waals surface area contributed by atoms with Gasteiger partial charge in [0.05, 0.1) is 55.4 Å². The van der Waals surface area contributed by atoms with E-state index in [-0.39, 0.29) is 23.9 Å². The third kappa shape index (κ3) is 6.03. The predicted octanol–water partition coefficient (Wildman–Crippen LogP) is 3.77. The number of piperazine rings is 1. The Kier molecular flexibility index (Phi) is 8.81. The summed E-state index contributed by atoms with van der Waals surface area (Å²) in [4.78, 5) is 44.0. The lowest BCUT2D eigenvalue weighted by Crippen LogP contribution is -2.47. The number of benzene rings is 2. The van der Waals surface area contributed by atoms with E-state index >= 15 is 0 Å². The molecule has 3 fully saturated rings. The average Bonchev–Trinajstić information content (AvgIpc) is 3.72. The van der Waals surface area contributed by atoms with Crippen LogP contribution in [0.4, 0.5) is 11.4 Å². The van der Waals surface area contributed by atoms with E-state index in [1.54, 1.807) is 26.4 Å². The van der Waals surface area contributed by atoms with Crippen LogP contribution in [-0.4, -0.2) is 129 Å². The zero-order valence-corrected chi connectivity index (χ0v) is 26.7. The van der Waals surface area contributed by atoms with E-state index in [2.05, 4.69) is 19.8 Å². The van der Waals surface area contributed by atoms with Gasteiger partial charge in [-0.3, -0.25) is 24.5 Å². The molecule has 0 aromatic heterocycles. The third-order valence-corrected chi connectivity index (χ3v) is 9.66. The molecule has 3 saturated heterocycles. The average molecular weight is 631 g/mol. The zero-order chi connectivity index (χ0) is 31.6. The highest BCUT2D eigenvalue weighted by molar-refractivity contribution is 6.04. The molecule has 12 heteroatoms. The molecule has 0 radical (unpaired) electrons. The molecule has 5 aliphatic rings. The summed E-state index contributed by atoms with van der Waals surface area (Å²) >= 11 is 0. The van der Waals surface area contributed by atoms with Crippen molar-refractivity contribution in [2.24, 2.45) is 9.98 Å². The summed E-state index contributed by atoms with van der Waals surface area (Å²) in [6.07, 6.45) is 8.54. The van der Waals surface area contributed by atoms with Crippen molar-refractivity contribution in [1.29, 1.82) is 0 Å². The van der Waals surface area contributed by atoms with Crippen molar-refractivity contribution >= 4 is 35.6 Å². The minimum absolute atomic E-state index is 0.00419. The summed E-state index contributed by atoms with van der Waals surface area (Å²) in [5, 5.41) is 0. The molecule has 2 aromatic carbocycles. The van der Waals surface area contributed by atoms with E-state index in [4.69, 9.17) is 18.9 Å². The van der Waals surface area contributed by atoms with Gasteiger partial charge < -0.3 is 33.6 Å². The van der Waals surface area contributed by atoms with Gasteiger partial charge in [-0.1, -0.05) is 0 Å². The van der Waals surface area contributed by atoms with Crippen molar-refractivity contribution in [2.75, 3.05) is 73.4 Å². The smallest absolute Gasteiger partial charge is 0.256 e. The summed E-state index contributed by atoms with van der Waals surface area (Å²) in [7, 11) is 3.20. The largest absolute Gasteiger partial charge is 0.493 e. The minimum Gasteiger partial charge on any atom is -0.493 e. The van der Waals surface area contributed by atoms with Crippen LogP contribution < -0.4 is 18.9 Å². The lowest BCUT2D eigenvalue weighted by atomic mass is 10.1. The maximum Gasteiger partial charge on any atom is 0.256 e. The van der Waals surface area contributed by atoms with Crippen molar-refractivity contribution in [3.63, 3.8) is 0 Å². The van der Waals surface area contributed by atoms with Crippen LogP contribution in [0.5, 0.6) is 23.0 Å².